The number of carbonyl (C=O) groups is 2. The molecule has 3 heterocycles. The summed E-state index contributed by atoms with van der Waals surface area (Å²) in [6.45, 7) is 2.31. The van der Waals surface area contributed by atoms with Crippen molar-refractivity contribution in [1.29, 1.82) is 0 Å². The molecule has 0 spiro atoms. The van der Waals surface area contributed by atoms with Crippen LogP contribution in [0.2, 0.25) is 0 Å². The van der Waals surface area contributed by atoms with Gasteiger partial charge < -0.3 is 29.5 Å². The van der Waals surface area contributed by atoms with Gasteiger partial charge in [0.1, 0.15) is 12.2 Å². The molecular formula is C22H23N3O11. The van der Waals surface area contributed by atoms with Gasteiger partial charge in [0.25, 0.3) is 10.8 Å². The summed E-state index contributed by atoms with van der Waals surface area (Å²) in [4.78, 5) is 52.9. The van der Waals surface area contributed by atoms with Gasteiger partial charge in [-0.15, -0.1) is 10.1 Å². The zero-order chi connectivity index (χ0) is 26.4. The summed E-state index contributed by atoms with van der Waals surface area (Å²) in [5.74, 6) is -2.79. The molecule has 0 aromatic heterocycles. The maximum atomic E-state index is 14.0. The quantitative estimate of drug-likeness (QED) is 0.300. The number of hydrogen-bond acceptors (Lipinski definition) is 12. The Labute approximate surface area is 203 Å². The lowest BCUT2D eigenvalue weighted by atomic mass is 9.74. The summed E-state index contributed by atoms with van der Waals surface area (Å²) in [6.07, 6.45) is -3.52. The van der Waals surface area contributed by atoms with Crippen molar-refractivity contribution >= 4 is 17.4 Å². The predicted molar refractivity (Wildman–Crippen MR) is 118 cm³/mol. The number of aliphatic hydroxyl groups is 1. The number of rotatable bonds is 7. The highest BCUT2D eigenvalue weighted by Gasteiger charge is 2.62. The minimum Gasteiger partial charge on any atom is -0.466 e. The summed E-state index contributed by atoms with van der Waals surface area (Å²) < 4.78 is 15.9. The molecule has 14 nitrogen and oxygen atoms in total. The van der Waals surface area contributed by atoms with E-state index in [0.29, 0.717) is 5.70 Å². The van der Waals surface area contributed by atoms with Gasteiger partial charge in [0.2, 0.25) is 0 Å². The van der Waals surface area contributed by atoms with E-state index < -0.39 is 58.2 Å². The lowest BCUT2D eigenvalue weighted by molar-refractivity contribution is -0.769. The summed E-state index contributed by atoms with van der Waals surface area (Å²) in [7, 11) is 1.16. The Balaban J connectivity index is 1.80. The van der Waals surface area contributed by atoms with Crippen LogP contribution in [-0.2, 0) is 28.6 Å². The standard InChI is InChI=1S/C22H23N3O11/c1-10-15(19(26)22(28)9-35-18-14(36-25(31)32)8-34-20(18)22)17(16(11(2)23-10)21(27)33-3)12-5-4-6-13(7-12)24(29)30/h4-7,14,17-18,20,23,28H,8-9H2,1-3H3/t14-,17?,18-,20+,22-/m1/s1. The van der Waals surface area contributed by atoms with Gasteiger partial charge in [-0.3, -0.25) is 14.9 Å². The topological polar surface area (TPSA) is 190 Å². The number of methoxy groups -OCH3 is 1. The number of nitro benzene ring substituents is 1. The highest BCUT2D eigenvalue weighted by atomic mass is 17.0. The number of nitrogens with one attached hydrogen (secondary N) is 1. The molecule has 2 N–H and O–H groups in total. The fraction of sp³-hybridized carbons (Fsp3) is 0.455. The van der Waals surface area contributed by atoms with E-state index in [1.807, 2.05) is 0 Å². The van der Waals surface area contributed by atoms with E-state index in [2.05, 4.69) is 10.2 Å². The number of fused-ring (bicyclic) bond motifs is 1. The number of ether oxygens (including phenoxy) is 3. The third-order valence-corrected chi connectivity index (χ3v) is 6.51. The lowest BCUT2D eigenvalue weighted by Crippen LogP contribution is -2.53. The van der Waals surface area contributed by atoms with E-state index >= 15 is 0 Å². The molecule has 36 heavy (non-hydrogen) atoms. The van der Waals surface area contributed by atoms with Crippen molar-refractivity contribution in [3.63, 3.8) is 0 Å². The smallest absolute Gasteiger partial charge is 0.336 e. The zero-order valence-electron chi connectivity index (χ0n) is 19.5. The first-order chi connectivity index (χ1) is 17.0. The third kappa shape index (κ3) is 4.08. The van der Waals surface area contributed by atoms with Crippen LogP contribution in [0.25, 0.3) is 0 Å². The van der Waals surface area contributed by atoms with Gasteiger partial charge in [0.05, 0.1) is 30.8 Å². The lowest BCUT2D eigenvalue weighted by Gasteiger charge is -2.34. The minimum absolute atomic E-state index is 0.0212. The average Bonchev–Trinajstić information content (AvgIpc) is 3.39. The van der Waals surface area contributed by atoms with Gasteiger partial charge in [-0.05, 0) is 19.4 Å². The van der Waals surface area contributed by atoms with Crippen LogP contribution < -0.4 is 5.32 Å². The van der Waals surface area contributed by atoms with E-state index in [9.17, 15) is 34.9 Å². The molecule has 2 saturated heterocycles. The van der Waals surface area contributed by atoms with E-state index in [1.165, 1.54) is 24.3 Å². The van der Waals surface area contributed by atoms with Crippen molar-refractivity contribution in [2.75, 3.05) is 20.3 Å². The number of Topliss-reactive ketones (excluding diaryl/α,β-unsaturated/α-hetero) is 1. The summed E-state index contributed by atoms with van der Waals surface area (Å²) in [5.41, 5.74) is -1.69. The Morgan fingerprint density at radius 3 is 2.50 bits per heavy atom. The fourth-order valence-corrected chi connectivity index (χ4v) is 4.95. The molecule has 1 unspecified atom stereocenters. The Bertz CT molecular complexity index is 1210. The van der Waals surface area contributed by atoms with Crippen LogP contribution in [0.4, 0.5) is 5.69 Å². The SMILES string of the molecule is COC(=O)C1=C(C)NC(C)=C(C(=O)[C@]2(O)CO[C@@H]3[C@H](O[N+](=O)[O-])CO[C@@H]32)C1c1cccc([N+](=O)[O-])c1. The Morgan fingerprint density at radius 2 is 1.86 bits per heavy atom. The maximum Gasteiger partial charge on any atom is 0.336 e. The summed E-state index contributed by atoms with van der Waals surface area (Å²) in [5, 5.41) is 35.6. The minimum atomic E-state index is -2.27. The number of ketones is 1. The molecule has 3 aliphatic rings. The first-order valence-corrected chi connectivity index (χ1v) is 10.8. The molecule has 192 valence electrons. The molecule has 1 aromatic rings. The van der Waals surface area contributed by atoms with Crippen LogP contribution in [0.15, 0.2) is 46.8 Å². The molecule has 0 amide bonds. The molecule has 0 aliphatic carbocycles. The molecule has 4 rings (SSSR count). The summed E-state index contributed by atoms with van der Waals surface area (Å²) in [6, 6.07) is 5.44. The van der Waals surface area contributed by atoms with Gasteiger partial charge in [-0.2, -0.15) is 0 Å². The second kappa shape index (κ2) is 9.29. The highest BCUT2D eigenvalue weighted by Crippen LogP contribution is 2.44. The van der Waals surface area contributed by atoms with Crippen molar-refractivity contribution in [1.82, 2.24) is 5.32 Å². The molecule has 1 aromatic carbocycles. The Hall–Kier alpha value is -3.88. The molecule has 0 bridgehead atoms. The maximum absolute atomic E-state index is 14.0. The average molecular weight is 505 g/mol. The number of esters is 1. The number of nitrogens with zero attached hydrogens (tertiary/aromatic N) is 2. The van der Waals surface area contributed by atoms with Crippen LogP contribution >= 0.6 is 0 Å². The molecule has 14 heteroatoms. The molecule has 0 saturated carbocycles. The van der Waals surface area contributed by atoms with Crippen LogP contribution in [0.3, 0.4) is 0 Å². The van der Waals surface area contributed by atoms with E-state index in [4.69, 9.17) is 14.2 Å². The predicted octanol–water partition coefficient (Wildman–Crippen LogP) is 0.677. The van der Waals surface area contributed by atoms with Crippen molar-refractivity contribution < 1.29 is 43.8 Å². The van der Waals surface area contributed by atoms with Crippen LogP contribution in [0, 0.1) is 20.2 Å². The highest BCUT2D eigenvalue weighted by molar-refractivity contribution is 6.08. The first-order valence-electron chi connectivity index (χ1n) is 10.8. The van der Waals surface area contributed by atoms with Crippen molar-refractivity contribution in [2.24, 2.45) is 0 Å². The summed E-state index contributed by atoms with van der Waals surface area (Å²) >= 11 is 0. The van der Waals surface area contributed by atoms with Crippen molar-refractivity contribution in [2.45, 2.75) is 43.7 Å². The van der Waals surface area contributed by atoms with Crippen LogP contribution in [0.1, 0.15) is 25.3 Å². The van der Waals surface area contributed by atoms with E-state index in [0.717, 1.165) is 7.11 Å². The largest absolute Gasteiger partial charge is 0.466 e. The first kappa shape index (κ1) is 25.2. The van der Waals surface area contributed by atoms with E-state index in [1.54, 1.807) is 13.8 Å². The third-order valence-electron chi connectivity index (χ3n) is 6.51. The molecule has 5 atom stereocenters. The number of non-ortho nitro benzene ring substituents is 1. The van der Waals surface area contributed by atoms with Crippen LogP contribution in [0.5, 0.6) is 0 Å². The molecule has 3 aliphatic heterocycles. The fourth-order valence-electron chi connectivity index (χ4n) is 4.95. The number of carbonyl (C=O) groups excluding carboxylic acids is 2. The van der Waals surface area contributed by atoms with Gasteiger partial charge in [-0.25, -0.2) is 4.79 Å². The number of hydrogen-bond donors (Lipinski definition) is 2. The number of dihydropyridines is 1. The normalized spacial score (nSPS) is 29.4. The van der Waals surface area contributed by atoms with Gasteiger partial charge >= 0.3 is 5.97 Å². The Morgan fingerprint density at radius 1 is 1.17 bits per heavy atom. The Kier molecular flexibility index (Phi) is 6.51. The number of nitro groups is 1. The van der Waals surface area contributed by atoms with Gasteiger partial charge in [-0.1, -0.05) is 12.1 Å². The monoisotopic (exact) mass is 505 g/mol. The zero-order valence-corrected chi connectivity index (χ0v) is 19.5. The molecule has 0 radical (unpaired) electrons. The van der Waals surface area contributed by atoms with E-state index in [-0.39, 0.29) is 34.7 Å². The molecule has 2 fully saturated rings. The van der Waals surface area contributed by atoms with Gasteiger partial charge in [0, 0.05) is 35.0 Å². The molecular weight excluding hydrogens is 482 g/mol. The van der Waals surface area contributed by atoms with Gasteiger partial charge in [0.15, 0.2) is 17.5 Å². The van der Waals surface area contributed by atoms with Crippen molar-refractivity contribution in [3.8, 4) is 0 Å². The second-order valence-electron chi connectivity index (χ2n) is 8.63. The number of benzene rings is 1. The second-order valence-corrected chi connectivity index (χ2v) is 8.63. The van der Waals surface area contributed by atoms with Crippen LogP contribution in [-0.4, -0.2) is 71.1 Å². The number of allylic oxidation sites excluding steroid dienone is 2. The van der Waals surface area contributed by atoms with Crippen molar-refractivity contribution in [3.05, 3.63) is 72.6 Å².